The summed E-state index contributed by atoms with van der Waals surface area (Å²) in [5, 5.41) is 10.4. The van der Waals surface area contributed by atoms with E-state index in [4.69, 9.17) is 9.97 Å². The average Bonchev–Trinajstić information content (AvgIpc) is 3.84. The van der Waals surface area contributed by atoms with Crippen LogP contribution in [0.1, 0.15) is 105 Å². The zero-order chi connectivity index (χ0) is 27.9. The van der Waals surface area contributed by atoms with E-state index in [0.717, 1.165) is 37.8 Å². The van der Waals surface area contributed by atoms with Gasteiger partial charge in [0.05, 0.1) is 23.5 Å². The molecule has 3 heterocycles. The maximum atomic E-state index is 14.0. The van der Waals surface area contributed by atoms with Crippen molar-refractivity contribution in [2.75, 3.05) is 0 Å². The van der Waals surface area contributed by atoms with Gasteiger partial charge in [0.2, 0.25) is 23.4 Å². The van der Waals surface area contributed by atoms with Crippen molar-refractivity contribution in [1.82, 2.24) is 39.8 Å². The molecule has 214 valence electrons. The van der Waals surface area contributed by atoms with Gasteiger partial charge < -0.3 is 10.6 Å². The van der Waals surface area contributed by atoms with Gasteiger partial charge in [-0.2, -0.15) is 5.10 Å². The van der Waals surface area contributed by atoms with E-state index in [0.29, 0.717) is 36.3 Å². The Kier molecular flexibility index (Phi) is 7.26. The number of amides is 2. The van der Waals surface area contributed by atoms with Gasteiger partial charge in [-0.3, -0.25) is 14.0 Å². The number of halogens is 2. The summed E-state index contributed by atoms with van der Waals surface area (Å²) in [6.07, 6.45) is 10.7. The molecule has 2 amide bonds. The summed E-state index contributed by atoms with van der Waals surface area (Å²) >= 11 is 0. The molecule has 0 aliphatic heterocycles. The molecule has 10 nitrogen and oxygen atoms in total. The lowest BCUT2D eigenvalue weighted by Crippen LogP contribution is -2.38. The first-order valence-corrected chi connectivity index (χ1v) is 14.5. The Labute approximate surface area is 231 Å². The molecule has 0 aromatic carbocycles. The number of aromatic nitrogens is 6. The van der Waals surface area contributed by atoms with E-state index >= 15 is 0 Å². The topological polar surface area (TPSA) is 119 Å². The molecule has 0 saturated heterocycles. The van der Waals surface area contributed by atoms with E-state index in [1.54, 1.807) is 15.3 Å². The molecule has 3 fully saturated rings. The van der Waals surface area contributed by atoms with Crippen LogP contribution in [0.25, 0.3) is 5.78 Å². The fraction of sp³-hybridized carbons (Fsp3) is 0.643. The van der Waals surface area contributed by atoms with Crippen molar-refractivity contribution < 1.29 is 18.4 Å². The van der Waals surface area contributed by atoms with Gasteiger partial charge in [-0.15, -0.1) is 0 Å². The molecule has 0 unspecified atom stereocenters. The van der Waals surface area contributed by atoms with Gasteiger partial charge in [0, 0.05) is 38.2 Å². The quantitative estimate of drug-likeness (QED) is 0.363. The van der Waals surface area contributed by atoms with E-state index in [-0.39, 0.29) is 49.4 Å². The van der Waals surface area contributed by atoms with E-state index in [1.165, 1.54) is 6.33 Å². The third-order valence-corrected chi connectivity index (χ3v) is 8.36. The SMILES string of the molecule is CCCC(=O)N[C@@H](c1ccn2cc([C@@H](NC(=O)c3ncnn3CC3CC3)C3CCC(F)(F)CC3)nc2n1)C1CC1. The van der Waals surface area contributed by atoms with Crippen LogP contribution < -0.4 is 10.6 Å². The summed E-state index contributed by atoms with van der Waals surface area (Å²) in [5.74, 6) is -1.75. The Morgan fingerprint density at radius 3 is 2.42 bits per heavy atom. The second-order valence-corrected chi connectivity index (χ2v) is 11.7. The molecule has 0 bridgehead atoms. The summed E-state index contributed by atoms with van der Waals surface area (Å²) in [7, 11) is 0. The van der Waals surface area contributed by atoms with Crippen molar-refractivity contribution in [3.05, 3.63) is 42.0 Å². The fourth-order valence-electron chi connectivity index (χ4n) is 5.72. The van der Waals surface area contributed by atoms with Crippen LogP contribution in [0.5, 0.6) is 0 Å². The van der Waals surface area contributed by atoms with Crippen LogP contribution in [0.4, 0.5) is 8.78 Å². The molecule has 3 saturated carbocycles. The van der Waals surface area contributed by atoms with Gasteiger partial charge >= 0.3 is 0 Å². The third kappa shape index (κ3) is 6.00. The number of imidazole rings is 1. The summed E-state index contributed by atoms with van der Waals surface area (Å²) in [6, 6.07) is 1.14. The first kappa shape index (κ1) is 26.8. The number of carbonyl (C=O) groups is 2. The zero-order valence-electron chi connectivity index (χ0n) is 22.7. The standard InChI is InChI=1S/C28H36F2N8O2/c1-2-3-22(39)35-23(18-6-7-18)20-10-13-37-15-21(34-27(37)33-20)24(19-8-11-28(29,30)12-9-19)36-26(40)25-31-16-32-38(25)14-17-4-5-17/h10,13,15-19,23-24H,2-9,11-12,14H2,1H3,(H,35,39)(H,36,40)/t23-,24+/m1/s1. The van der Waals surface area contributed by atoms with Gasteiger partial charge in [0.15, 0.2) is 0 Å². The molecule has 12 heteroatoms. The van der Waals surface area contributed by atoms with E-state index < -0.39 is 17.9 Å². The van der Waals surface area contributed by atoms with Gasteiger partial charge in [-0.1, -0.05) is 6.92 Å². The third-order valence-electron chi connectivity index (χ3n) is 8.36. The maximum Gasteiger partial charge on any atom is 0.289 e. The largest absolute Gasteiger partial charge is 0.347 e. The van der Waals surface area contributed by atoms with Crippen LogP contribution in [0.3, 0.4) is 0 Å². The van der Waals surface area contributed by atoms with E-state index in [2.05, 4.69) is 20.7 Å². The molecular weight excluding hydrogens is 518 g/mol. The Hall–Kier alpha value is -3.44. The Morgan fingerprint density at radius 1 is 1.02 bits per heavy atom. The monoisotopic (exact) mass is 554 g/mol. The number of rotatable bonds is 11. The molecule has 0 radical (unpaired) electrons. The molecule has 0 spiro atoms. The number of nitrogens with one attached hydrogen (secondary N) is 2. The van der Waals surface area contributed by atoms with Crippen molar-refractivity contribution in [3.8, 4) is 0 Å². The van der Waals surface area contributed by atoms with Crippen molar-refractivity contribution in [2.45, 2.75) is 95.7 Å². The predicted molar refractivity (Wildman–Crippen MR) is 141 cm³/mol. The van der Waals surface area contributed by atoms with Crippen LogP contribution in [-0.2, 0) is 11.3 Å². The minimum absolute atomic E-state index is 0.0107. The van der Waals surface area contributed by atoms with Gasteiger partial charge in [-0.05, 0) is 68.8 Å². The van der Waals surface area contributed by atoms with Crippen molar-refractivity contribution >= 4 is 17.6 Å². The number of carbonyl (C=O) groups excluding carboxylic acids is 2. The number of hydrogen-bond donors (Lipinski definition) is 2. The highest BCUT2D eigenvalue weighted by Gasteiger charge is 2.40. The smallest absolute Gasteiger partial charge is 0.289 e. The number of hydrogen-bond acceptors (Lipinski definition) is 6. The lowest BCUT2D eigenvalue weighted by Gasteiger charge is -2.33. The lowest BCUT2D eigenvalue weighted by atomic mass is 9.81. The van der Waals surface area contributed by atoms with Crippen molar-refractivity contribution in [2.24, 2.45) is 17.8 Å². The van der Waals surface area contributed by atoms with Crippen molar-refractivity contribution in [3.63, 3.8) is 0 Å². The van der Waals surface area contributed by atoms with Crippen LogP contribution in [0.2, 0.25) is 0 Å². The predicted octanol–water partition coefficient (Wildman–Crippen LogP) is 4.39. The van der Waals surface area contributed by atoms with E-state index in [1.807, 2.05) is 19.2 Å². The Morgan fingerprint density at radius 2 is 1.73 bits per heavy atom. The molecule has 3 aliphatic rings. The first-order chi connectivity index (χ1) is 19.3. The summed E-state index contributed by atoms with van der Waals surface area (Å²) in [4.78, 5) is 39.5. The summed E-state index contributed by atoms with van der Waals surface area (Å²) < 4.78 is 31.5. The number of alkyl halides is 2. The maximum absolute atomic E-state index is 14.0. The lowest BCUT2D eigenvalue weighted by molar-refractivity contribution is -0.122. The second kappa shape index (κ2) is 10.9. The highest BCUT2D eigenvalue weighted by molar-refractivity contribution is 5.90. The number of fused-ring (bicyclic) bond motifs is 1. The van der Waals surface area contributed by atoms with Crippen LogP contribution in [0, 0.1) is 17.8 Å². The number of nitrogens with zero attached hydrogens (tertiary/aromatic N) is 6. The highest BCUT2D eigenvalue weighted by Crippen LogP contribution is 2.42. The van der Waals surface area contributed by atoms with Gasteiger partial charge in [0.1, 0.15) is 6.33 Å². The normalized spacial score (nSPS) is 20.8. The van der Waals surface area contributed by atoms with Gasteiger partial charge in [0.25, 0.3) is 5.91 Å². The highest BCUT2D eigenvalue weighted by atomic mass is 19.3. The van der Waals surface area contributed by atoms with Crippen LogP contribution >= 0.6 is 0 Å². The van der Waals surface area contributed by atoms with Gasteiger partial charge in [-0.25, -0.2) is 28.4 Å². The molecule has 6 rings (SSSR count). The molecular formula is C28H36F2N8O2. The van der Waals surface area contributed by atoms with Crippen LogP contribution in [-0.4, -0.2) is 46.9 Å². The van der Waals surface area contributed by atoms with Crippen LogP contribution in [0.15, 0.2) is 24.8 Å². The zero-order valence-corrected chi connectivity index (χ0v) is 22.7. The molecule has 3 aliphatic carbocycles. The summed E-state index contributed by atoms with van der Waals surface area (Å²) in [5.41, 5.74) is 1.32. The summed E-state index contributed by atoms with van der Waals surface area (Å²) in [6.45, 7) is 2.61. The fourth-order valence-corrected chi connectivity index (χ4v) is 5.72. The Bertz CT molecular complexity index is 1370. The minimum atomic E-state index is -2.69. The molecule has 2 atom stereocenters. The first-order valence-electron chi connectivity index (χ1n) is 14.5. The Balaban J connectivity index is 1.27. The molecule has 40 heavy (non-hydrogen) atoms. The second-order valence-electron chi connectivity index (χ2n) is 11.7. The molecule has 3 aromatic rings. The average molecular weight is 555 g/mol. The van der Waals surface area contributed by atoms with Crippen molar-refractivity contribution in [1.29, 1.82) is 0 Å². The molecule has 3 aromatic heterocycles. The van der Waals surface area contributed by atoms with E-state index in [9.17, 15) is 18.4 Å². The molecule has 2 N–H and O–H groups in total. The minimum Gasteiger partial charge on any atom is -0.347 e.